The normalized spacial score (nSPS) is 10.8. The van der Waals surface area contributed by atoms with Crippen molar-refractivity contribution in [2.75, 3.05) is 0 Å². The Morgan fingerprint density at radius 2 is 1.95 bits per heavy atom. The van der Waals surface area contributed by atoms with Crippen LogP contribution in [0.2, 0.25) is 0 Å². The number of ketones is 1. The highest BCUT2D eigenvalue weighted by Gasteiger charge is 2.25. The van der Waals surface area contributed by atoms with Crippen LogP contribution in [0.15, 0.2) is 30.9 Å². The van der Waals surface area contributed by atoms with E-state index >= 15 is 0 Å². The molecule has 110 valence electrons. The summed E-state index contributed by atoms with van der Waals surface area (Å²) in [5.41, 5.74) is 3.95. The maximum absolute atomic E-state index is 14.2. The first-order valence-corrected chi connectivity index (χ1v) is 6.10. The van der Waals surface area contributed by atoms with Gasteiger partial charge < -0.3 is 10.7 Å². The molecular weight excluding hydrogens is 294 g/mol. The Hall–Kier alpha value is -3.16. The molecule has 0 saturated heterocycles. The van der Waals surface area contributed by atoms with Crippen LogP contribution < -0.4 is 5.73 Å². The molecule has 2 aromatic heterocycles. The lowest BCUT2D eigenvalue weighted by Crippen LogP contribution is -2.17. The standard InChI is InChI=1S/C14H8F2N4O2/c15-9-2-1-6(13(17)22)11(16)10(9)12(21)7-4-19-14-8(7)3-18-5-20-14/h1-5H,(H2,17,22)(H,18,19,20). The van der Waals surface area contributed by atoms with Crippen molar-refractivity contribution >= 4 is 22.7 Å². The van der Waals surface area contributed by atoms with Crippen LogP contribution in [-0.2, 0) is 0 Å². The van der Waals surface area contributed by atoms with Crippen molar-refractivity contribution in [3.8, 4) is 0 Å². The van der Waals surface area contributed by atoms with Crippen LogP contribution in [0, 0.1) is 11.6 Å². The number of H-pyrrole nitrogens is 1. The van der Waals surface area contributed by atoms with E-state index in [1.807, 2.05) is 0 Å². The molecule has 0 saturated carbocycles. The second-order valence-corrected chi connectivity index (χ2v) is 4.46. The summed E-state index contributed by atoms with van der Waals surface area (Å²) in [7, 11) is 0. The third-order valence-corrected chi connectivity index (χ3v) is 3.18. The molecule has 0 unspecified atom stereocenters. The summed E-state index contributed by atoms with van der Waals surface area (Å²) in [6.45, 7) is 0. The molecule has 22 heavy (non-hydrogen) atoms. The summed E-state index contributed by atoms with van der Waals surface area (Å²) in [5, 5.41) is 0.316. The number of carbonyl (C=O) groups is 2. The number of aromatic amines is 1. The van der Waals surface area contributed by atoms with E-state index in [1.165, 1.54) is 18.7 Å². The quantitative estimate of drug-likeness (QED) is 0.717. The number of primary amides is 1. The predicted molar refractivity (Wildman–Crippen MR) is 72.2 cm³/mol. The number of benzene rings is 1. The minimum atomic E-state index is -1.29. The van der Waals surface area contributed by atoms with Crippen LogP contribution in [0.3, 0.4) is 0 Å². The van der Waals surface area contributed by atoms with Crippen LogP contribution in [0.4, 0.5) is 8.78 Å². The molecular formula is C14H8F2N4O2. The average Bonchev–Trinajstić information content (AvgIpc) is 2.90. The highest BCUT2D eigenvalue weighted by Crippen LogP contribution is 2.24. The summed E-state index contributed by atoms with van der Waals surface area (Å²) in [5.74, 6) is -4.39. The van der Waals surface area contributed by atoms with Crippen molar-refractivity contribution in [3.63, 3.8) is 0 Å². The first-order valence-electron chi connectivity index (χ1n) is 6.10. The average molecular weight is 302 g/mol. The van der Waals surface area contributed by atoms with Crippen LogP contribution in [0.5, 0.6) is 0 Å². The van der Waals surface area contributed by atoms with Gasteiger partial charge in [-0.3, -0.25) is 9.59 Å². The fraction of sp³-hybridized carbons (Fsp3) is 0. The van der Waals surface area contributed by atoms with Crippen LogP contribution in [0.25, 0.3) is 11.0 Å². The molecule has 0 atom stereocenters. The smallest absolute Gasteiger partial charge is 0.251 e. The van der Waals surface area contributed by atoms with Gasteiger partial charge in [0.2, 0.25) is 5.78 Å². The molecule has 1 amide bonds. The van der Waals surface area contributed by atoms with Crippen LogP contribution >= 0.6 is 0 Å². The first kappa shape index (κ1) is 13.8. The number of hydrogen-bond donors (Lipinski definition) is 2. The maximum atomic E-state index is 14.2. The van der Waals surface area contributed by atoms with E-state index < -0.39 is 34.5 Å². The zero-order valence-electron chi connectivity index (χ0n) is 10.9. The predicted octanol–water partition coefficient (Wildman–Crippen LogP) is 1.57. The molecule has 8 heteroatoms. The summed E-state index contributed by atoms with van der Waals surface area (Å²) in [6.07, 6.45) is 3.89. The number of amides is 1. The second-order valence-electron chi connectivity index (χ2n) is 4.46. The highest BCUT2D eigenvalue weighted by atomic mass is 19.1. The summed E-state index contributed by atoms with van der Waals surface area (Å²) >= 11 is 0. The van der Waals surface area contributed by atoms with E-state index in [-0.39, 0.29) is 5.56 Å². The van der Waals surface area contributed by atoms with Gasteiger partial charge in [-0.2, -0.15) is 0 Å². The zero-order valence-corrected chi connectivity index (χ0v) is 10.9. The van der Waals surface area contributed by atoms with Crippen molar-refractivity contribution in [3.05, 3.63) is 59.2 Å². The fourth-order valence-corrected chi connectivity index (χ4v) is 2.13. The Balaban J connectivity index is 2.21. The zero-order chi connectivity index (χ0) is 15.9. The van der Waals surface area contributed by atoms with E-state index in [4.69, 9.17) is 5.73 Å². The third kappa shape index (κ3) is 2.01. The van der Waals surface area contributed by atoms with Gasteiger partial charge in [-0.05, 0) is 12.1 Å². The molecule has 1 aromatic carbocycles. The lowest BCUT2D eigenvalue weighted by Gasteiger charge is -2.06. The molecule has 0 aliphatic heterocycles. The molecule has 2 heterocycles. The SMILES string of the molecule is NC(=O)c1ccc(F)c(C(=O)c2c[nH]c3ncncc23)c1F. The lowest BCUT2D eigenvalue weighted by atomic mass is 10.00. The Labute approximate surface area is 122 Å². The summed E-state index contributed by atoms with van der Waals surface area (Å²) in [4.78, 5) is 33.9. The number of hydrogen-bond acceptors (Lipinski definition) is 4. The van der Waals surface area contributed by atoms with Crippen molar-refractivity contribution in [2.45, 2.75) is 0 Å². The van der Waals surface area contributed by atoms with Gasteiger partial charge in [0.05, 0.1) is 16.7 Å². The second kappa shape index (κ2) is 4.99. The van der Waals surface area contributed by atoms with Crippen molar-refractivity contribution in [1.82, 2.24) is 15.0 Å². The van der Waals surface area contributed by atoms with E-state index in [0.717, 1.165) is 12.1 Å². The van der Waals surface area contributed by atoms with Crippen molar-refractivity contribution < 1.29 is 18.4 Å². The summed E-state index contributed by atoms with van der Waals surface area (Å²) < 4.78 is 28.1. The van der Waals surface area contributed by atoms with Crippen molar-refractivity contribution in [2.24, 2.45) is 5.73 Å². The number of carbonyl (C=O) groups excluding carboxylic acids is 2. The van der Waals surface area contributed by atoms with Gasteiger partial charge in [0.25, 0.3) is 5.91 Å². The van der Waals surface area contributed by atoms with Gasteiger partial charge >= 0.3 is 0 Å². The molecule has 0 aliphatic rings. The summed E-state index contributed by atoms with van der Waals surface area (Å²) in [6, 6.07) is 1.71. The Bertz CT molecular complexity index is 920. The molecule has 3 rings (SSSR count). The number of fused-ring (bicyclic) bond motifs is 1. The number of aromatic nitrogens is 3. The molecule has 0 radical (unpaired) electrons. The number of nitrogens with zero attached hydrogens (tertiary/aromatic N) is 2. The van der Waals surface area contributed by atoms with Gasteiger partial charge in [-0.25, -0.2) is 18.7 Å². The maximum Gasteiger partial charge on any atom is 0.251 e. The largest absolute Gasteiger partial charge is 0.366 e. The number of halogens is 2. The molecule has 0 fully saturated rings. The number of nitrogens with two attached hydrogens (primary N) is 1. The first-order chi connectivity index (χ1) is 10.5. The molecule has 3 aromatic rings. The Morgan fingerprint density at radius 3 is 2.68 bits per heavy atom. The van der Waals surface area contributed by atoms with Gasteiger partial charge in [-0.1, -0.05) is 0 Å². The molecule has 0 spiro atoms. The van der Waals surface area contributed by atoms with E-state index in [1.54, 1.807) is 0 Å². The van der Waals surface area contributed by atoms with E-state index in [9.17, 15) is 18.4 Å². The van der Waals surface area contributed by atoms with Crippen LogP contribution in [-0.4, -0.2) is 26.6 Å². The Kier molecular flexibility index (Phi) is 3.13. The molecule has 6 nitrogen and oxygen atoms in total. The van der Waals surface area contributed by atoms with E-state index in [0.29, 0.717) is 11.0 Å². The Morgan fingerprint density at radius 1 is 1.18 bits per heavy atom. The lowest BCUT2D eigenvalue weighted by molar-refractivity contribution is 0.0996. The molecule has 0 aliphatic carbocycles. The van der Waals surface area contributed by atoms with Gasteiger partial charge in [0.1, 0.15) is 23.6 Å². The van der Waals surface area contributed by atoms with Gasteiger partial charge in [0, 0.05) is 17.8 Å². The molecule has 3 N–H and O–H groups in total. The molecule has 0 bridgehead atoms. The fourth-order valence-electron chi connectivity index (χ4n) is 2.13. The minimum Gasteiger partial charge on any atom is -0.366 e. The monoisotopic (exact) mass is 302 g/mol. The topological polar surface area (TPSA) is 102 Å². The highest BCUT2D eigenvalue weighted by molar-refractivity contribution is 6.16. The van der Waals surface area contributed by atoms with Gasteiger partial charge in [-0.15, -0.1) is 0 Å². The number of nitrogens with one attached hydrogen (secondary N) is 1. The van der Waals surface area contributed by atoms with Crippen molar-refractivity contribution in [1.29, 1.82) is 0 Å². The third-order valence-electron chi connectivity index (χ3n) is 3.18. The minimum absolute atomic E-state index is 0.00461. The van der Waals surface area contributed by atoms with Crippen LogP contribution in [0.1, 0.15) is 26.3 Å². The van der Waals surface area contributed by atoms with E-state index in [2.05, 4.69) is 15.0 Å². The number of rotatable bonds is 3. The van der Waals surface area contributed by atoms with Gasteiger partial charge in [0.15, 0.2) is 0 Å².